The Labute approximate surface area is 156 Å². The molecule has 0 unspecified atom stereocenters. The van der Waals surface area contributed by atoms with E-state index in [-0.39, 0.29) is 17.4 Å². The highest BCUT2D eigenvalue weighted by molar-refractivity contribution is 7.80. The van der Waals surface area contributed by atoms with E-state index in [1.54, 1.807) is 30.5 Å². The van der Waals surface area contributed by atoms with Crippen molar-refractivity contribution in [1.82, 2.24) is 14.8 Å². The smallest absolute Gasteiger partial charge is 0.250 e. The van der Waals surface area contributed by atoms with E-state index >= 15 is 0 Å². The Balaban J connectivity index is 1.42. The number of nitrogens with one attached hydrogen (secondary N) is 1. The summed E-state index contributed by atoms with van der Waals surface area (Å²) in [6, 6.07) is 8.97. The Morgan fingerprint density at radius 3 is 2.92 bits per heavy atom. The number of hydrogen-bond acceptors (Lipinski definition) is 4. The number of carbonyl (C=O) groups is 1. The van der Waals surface area contributed by atoms with Gasteiger partial charge in [-0.3, -0.25) is 14.9 Å². The molecule has 2 aromatic rings. The van der Waals surface area contributed by atoms with Crippen molar-refractivity contribution >= 4 is 29.3 Å². The van der Waals surface area contributed by atoms with Gasteiger partial charge >= 0.3 is 0 Å². The van der Waals surface area contributed by atoms with E-state index in [4.69, 9.17) is 16.6 Å². The van der Waals surface area contributed by atoms with Gasteiger partial charge in [0.15, 0.2) is 5.11 Å². The molecule has 0 saturated carbocycles. The Morgan fingerprint density at radius 2 is 2.12 bits per heavy atom. The van der Waals surface area contributed by atoms with Crippen LogP contribution >= 0.6 is 12.2 Å². The summed E-state index contributed by atoms with van der Waals surface area (Å²) in [7, 11) is 0. The second-order valence-corrected chi connectivity index (χ2v) is 7.13. The van der Waals surface area contributed by atoms with Crippen LogP contribution in [0.2, 0.25) is 0 Å². The molecule has 4 rings (SSSR count). The number of furan rings is 1. The number of aromatic nitrogens is 1. The van der Waals surface area contributed by atoms with Crippen LogP contribution in [0.25, 0.3) is 6.08 Å². The lowest BCUT2D eigenvalue weighted by molar-refractivity contribution is -0.115. The summed E-state index contributed by atoms with van der Waals surface area (Å²) in [6.07, 6.45) is 5.61. The maximum absolute atomic E-state index is 12.1. The number of hydrogen-bond donors (Lipinski definition) is 1. The first-order valence-electron chi connectivity index (χ1n) is 8.61. The molecular formula is C19H19N3O3S. The van der Waals surface area contributed by atoms with Crippen LogP contribution in [0.15, 0.2) is 51.9 Å². The second-order valence-electron chi connectivity index (χ2n) is 6.75. The Bertz CT molecular complexity index is 916. The molecule has 2 aliphatic rings. The first-order valence-corrected chi connectivity index (χ1v) is 9.02. The van der Waals surface area contributed by atoms with Gasteiger partial charge in [0.25, 0.3) is 5.56 Å². The fourth-order valence-corrected chi connectivity index (χ4v) is 4.08. The summed E-state index contributed by atoms with van der Waals surface area (Å²) in [5.74, 6) is 0.944. The molecule has 0 aromatic carbocycles. The quantitative estimate of drug-likeness (QED) is 0.648. The molecule has 1 fully saturated rings. The second kappa shape index (κ2) is 6.92. The maximum Gasteiger partial charge on any atom is 0.250 e. The molecule has 2 aromatic heterocycles. The van der Waals surface area contributed by atoms with Crippen LogP contribution in [0.5, 0.6) is 0 Å². The minimum atomic E-state index is -0.279. The largest absolute Gasteiger partial charge is 0.465 e. The molecule has 7 heteroatoms. The monoisotopic (exact) mass is 369 g/mol. The molecule has 26 heavy (non-hydrogen) atoms. The van der Waals surface area contributed by atoms with Crippen molar-refractivity contribution in [3.63, 3.8) is 0 Å². The molecule has 0 radical (unpaired) electrons. The molecule has 1 saturated heterocycles. The van der Waals surface area contributed by atoms with Crippen LogP contribution < -0.4 is 10.9 Å². The average molecular weight is 369 g/mol. The summed E-state index contributed by atoms with van der Waals surface area (Å²) < 4.78 is 7.04. The molecule has 134 valence electrons. The van der Waals surface area contributed by atoms with E-state index in [1.165, 1.54) is 6.08 Å². The van der Waals surface area contributed by atoms with Gasteiger partial charge in [0, 0.05) is 43.4 Å². The van der Waals surface area contributed by atoms with Crippen molar-refractivity contribution in [2.24, 2.45) is 5.92 Å². The normalized spacial score (nSPS) is 21.5. The number of amides is 1. The predicted octanol–water partition coefficient (Wildman–Crippen LogP) is 1.97. The lowest BCUT2D eigenvalue weighted by atomic mass is 9.83. The van der Waals surface area contributed by atoms with Gasteiger partial charge in [0.2, 0.25) is 5.91 Å². The lowest BCUT2D eigenvalue weighted by Crippen LogP contribution is -2.52. The number of nitrogens with zero attached hydrogens (tertiary/aromatic N) is 2. The van der Waals surface area contributed by atoms with Crippen molar-refractivity contribution in [2.45, 2.75) is 18.9 Å². The standard InChI is InChI=1S/C19H19N3O3S/c23-17(7-6-15-3-2-8-25-15)20-19(26)21-10-13-9-14(12-21)16-4-1-5-18(24)22(16)11-13/h1-8,13-14H,9-12H2,(H,20,23,26)/t13-,14-/m1/s1. The predicted molar refractivity (Wildman–Crippen MR) is 102 cm³/mol. The van der Waals surface area contributed by atoms with E-state index in [0.717, 1.165) is 18.7 Å². The van der Waals surface area contributed by atoms with Crippen molar-refractivity contribution in [1.29, 1.82) is 0 Å². The zero-order valence-corrected chi connectivity index (χ0v) is 14.9. The number of likely N-dealkylation sites (tertiary alicyclic amines) is 1. The van der Waals surface area contributed by atoms with Crippen LogP contribution in [0.4, 0.5) is 0 Å². The van der Waals surface area contributed by atoms with Gasteiger partial charge in [-0.1, -0.05) is 6.07 Å². The number of piperidine rings is 1. The van der Waals surface area contributed by atoms with E-state index in [0.29, 0.717) is 29.9 Å². The molecule has 1 N–H and O–H groups in total. The van der Waals surface area contributed by atoms with E-state index in [9.17, 15) is 9.59 Å². The minimum absolute atomic E-state index is 0.0598. The van der Waals surface area contributed by atoms with Crippen LogP contribution in [0.1, 0.15) is 23.8 Å². The maximum atomic E-state index is 12.1. The fourth-order valence-electron chi connectivity index (χ4n) is 3.83. The molecule has 2 aliphatic heterocycles. The summed E-state index contributed by atoms with van der Waals surface area (Å²) in [5, 5.41) is 3.19. The van der Waals surface area contributed by atoms with E-state index in [1.807, 2.05) is 21.6 Å². The number of rotatable bonds is 2. The van der Waals surface area contributed by atoms with Gasteiger partial charge in [0.1, 0.15) is 5.76 Å². The van der Waals surface area contributed by atoms with E-state index in [2.05, 4.69) is 5.32 Å². The number of pyridine rings is 1. The fraction of sp³-hybridized carbons (Fsp3) is 0.316. The SMILES string of the molecule is O=C(C=Cc1ccco1)NC(=S)N1C[C@H]2C[C@H](C1)c1cccc(=O)n1C2. The van der Waals surface area contributed by atoms with Crippen molar-refractivity contribution < 1.29 is 9.21 Å². The van der Waals surface area contributed by atoms with Gasteiger partial charge in [0.05, 0.1) is 6.26 Å². The van der Waals surface area contributed by atoms with Gasteiger partial charge < -0.3 is 13.9 Å². The number of thiocarbonyl (C=S) groups is 1. The summed E-state index contributed by atoms with van der Waals surface area (Å²) in [6.45, 7) is 2.16. The first-order chi connectivity index (χ1) is 12.6. The number of fused-ring (bicyclic) bond motifs is 4. The van der Waals surface area contributed by atoms with Gasteiger partial charge in [-0.2, -0.15) is 0 Å². The van der Waals surface area contributed by atoms with Crippen molar-refractivity contribution in [3.05, 3.63) is 64.5 Å². The molecule has 4 heterocycles. The Morgan fingerprint density at radius 1 is 1.23 bits per heavy atom. The van der Waals surface area contributed by atoms with Gasteiger partial charge in [-0.15, -0.1) is 0 Å². The lowest BCUT2D eigenvalue weighted by Gasteiger charge is -2.43. The Hall–Kier alpha value is -2.67. The molecular weight excluding hydrogens is 350 g/mol. The van der Waals surface area contributed by atoms with Crippen LogP contribution in [-0.4, -0.2) is 33.6 Å². The highest BCUT2D eigenvalue weighted by Gasteiger charge is 2.35. The summed E-state index contributed by atoms with van der Waals surface area (Å²) >= 11 is 5.43. The summed E-state index contributed by atoms with van der Waals surface area (Å²) in [5.41, 5.74) is 1.12. The third-order valence-corrected chi connectivity index (χ3v) is 5.30. The molecule has 1 amide bonds. The topological polar surface area (TPSA) is 67.5 Å². The molecule has 6 nitrogen and oxygen atoms in total. The highest BCUT2D eigenvalue weighted by atomic mass is 32.1. The average Bonchev–Trinajstić information content (AvgIpc) is 3.14. The molecule has 2 bridgehead atoms. The third kappa shape index (κ3) is 3.35. The Kier molecular flexibility index (Phi) is 4.46. The summed E-state index contributed by atoms with van der Waals surface area (Å²) in [4.78, 5) is 26.2. The van der Waals surface area contributed by atoms with Crippen LogP contribution in [-0.2, 0) is 11.3 Å². The van der Waals surface area contributed by atoms with E-state index < -0.39 is 0 Å². The van der Waals surface area contributed by atoms with Crippen LogP contribution in [0, 0.1) is 5.92 Å². The van der Waals surface area contributed by atoms with Crippen molar-refractivity contribution in [3.8, 4) is 0 Å². The van der Waals surface area contributed by atoms with Crippen LogP contribution in [0.3, 0.4) is 0 Å². The first kappa shape index (κ1) is 16.8. The molecule has 0 aliphatic carbocycles. The zero-order valence-electron chi connectivity index (χ0n) is 14.1. The number of carbonyl (C=O) groups excluding carboxylic acids is 1. The van der Waals surface area contributed by atoms with Crippen molar-refractivity contribution in [2.75, 3.05) is 13.1 Å². The highest BCUT2D eigenvalue weighted by Crippen LogP contribution is 2.34. The molecule has 0 spiro atoms. The molecule has 2 atom stereocenters. The minimum Gasteiger partial charge on any atom is -0.465 e. The van der Waals surface area contributed by atoms with Gasteiger partial charge in [-0.05, 0) is 48.8 Å². The third-order valence-electron chi connectivity index (χ3n) is 4.94. The zero-order chi connectivity index (χ0) is 18.1. The van der Waals surface area contributed by atoms with Gasteiger partial charge in [-0.25, -0.2) is 0 Å².